The molecule has 0 aliphatic carbocycles. The van der Waals surface area contributed by atoms with E-state index in [2.05, 4.69) is 43.0 Å². The largest absolute Gasteiger partial charge is 0.490 e. The molecule has 0 unspecified atom stereocenters. The highest BCUT2D eigenvalue weighted by Crippen LogP contribution is 2.29. The molecule has 0 radical (unpaired) electrons. The van der Waals surface area contributed by atoms with Gasteiger partial charge in [-0.1, -0.05) is 23.7 Å². The van der Waals surface area contributed by atoms with Crippen LogP contribution in [0.3, 0.4) is 0 Å². The smallest absolute Gasteiger partial charge is 0.475 e. The third-order valence-corrected chi connectivity index (χ3v) is 5.71. The number of carbonyl (C=O) groups excluding carboxylic acids is 1. The minimum Gasteiger partial charge on any atom is -0.475 e. The van der Waals surface area contributed by atoms with Crippen molar-refractivity contribution >= 4 is 52.3 Å². The van der Waals surface area contributed by atoms with Crippen LogP contribution in [0.5, 0.6) is 0 Å². The van der Waals surface area contributed by atoms with Crippen molar-refractivity contribution in [2.24, 2.45) is 7.05 Å². The van der Waals surface area contributed by atoms with Gasteiger partial charge >= 0.3 is 12.1 Å². The summed E-state index contributed by atoms with van der Waals surface area (Å²) < 4.78 is 33.4. The van der Waals surface area contributed by atoms with Crippen molar-refractivity contribution in [3.05, 3.63) is 83.0 Å². The number of carboxylic acids is 1. The molecule has 5 rings (SSSR count). The number of alkyl halides is 3. The van der Waals surface area contributed by atoms with Gasteiger partial charge in [0, 0.05) is 24.1 Å². The maximum Gasteiger partial charge on any atom is 0.490 e. The minimum absolute atomic E-state index is 0.231. The van der Waals surface area contributed by atoms with Crippen molar-refractivity contribution in [1.29, 1.82) is 0 Å². The van der Waals surface area contributed by atoms with Gasteiger partial charge in [-0.25, -0.2) is 14.8 Å². The summed E-state index contributed by atoms with van der Waals surface area (Å²) in [6.45, 7) is 0. The zero-order chi connectivity index (χ0) is 28.2. The zero-order valence-electron chi connectivity index (χ0n) is 20.3. The van der Waals surface area contributed by atoms with Crippen LogP contribution in [0.2, 0.25) is 5.02 Å². The van der Waals surface area contributed by atoms with Crippen LogP contribution in [0.15, 0.2) is 61.2 Å². The molecule has 202 valence electrons. The zero-order valence-corrected chi connectivity index (χ0v) is 21.0. The highest BCUT2D eigenvalue weighted by Gasteiger charge is 2.38. The molecule has 10 nitrogen and oxygen atoms in total. The van der Waals surface area contributed by atoms with Crippen LogP contribution in [0.1, 0.15) is 21.6 Å². The number of hydrogen-bond acceptors (Lipinski definition) is 7. The number of halogens is 4. The highest BCUT2D eigenvalue weighted by molar-refractivity contribution is 6.32. The molecule has 2 aromatic heterocycles. The second kappa shape index (κ2) is 11.4. The van der Waals surface area contributed by atoms with Crippen molar-refractivity contribution in [3.63, 3.8) is 0 Å². The van der Waals surface area contributed by atoms with Gasteiger partial charge in [-0.15, -0.1) is 0 Å². The number of aryl methyl sites for hydroxylation is 3. The van der Waals surface area contributed by atoms with E-state index in [0.717, 1.165) is 29.8 Å². The summed E-state index contributed by atoms with van der Waals surface area (Å²) in [6, 6.07) is 14.0. The Hall–Kier alpha value is -4.65. The van der Waals surface area contributed by atoms with Crippen molar-refractivity contribution in [2.75, 3.05) is 16.0 Å². The quantitative estimate of drug-likeness (QED) is 0.259. The minimum atomic E-state index is -5.08. The molecule has 1 aliphatic heterocycles. The third kappa shape index (κ3) is 7.23. The molecular formula is C25H21ClF3N7O3. The molecule has 1 aliphatic rings. The Kier molecular flexibility index (Phi) is 8.00. The van der Waals surface area contributed by atoms with Gasteiger partial charge in [0.2, 0.25) is 5.95 Å². The van der Waals surface area contributed by atoms with E-state index in [-0.39, 0.29) is 5.91 Å². The summed E-state index contributed by atoms with van der Waals surface area (Å²) in [5.74, 6) is -2.08. The van der Waals surface area contributed by atoms with Gasteiger partial charge in [0.05, 0.1) is 18.7 Å². The van der Waals surface area contributed by atoms with E-state index in [1.807, 2.05) is 30.3 Å². The van der Waals surface area contributed by atoms with E-state index < -0.39 is 12.1 Å². The maximum absolute atomic E-state index is 12.7. The lowest BCUT2D eigenvalue weighted by atomic mass is 10.0. The van der Waals surface area contributed by atoms with Gasteiger partial charge in [-0.2, -0.15) is 18.2 Å². The van der Waals surface area contributed by atoms with Gasteiger partial charge in [0.1, 0.15) is 10.7 Å². The summed E-state index contributed by atoms with van der Waals surface area (Å²) >= 11 is 6.35. The first-order chi connectivity index (χ1) is 18.5. The average Bonchev–Trinajstić information content (AvgIpc) is 3.30. The standard InChI is InChI=1S/C23H20ClN7O.C2HF3O2/c1-31-13-25-12-20(31)22(32)28-18-9-15-6-5-14-3-2-4-16(7-14)29-23-26-11-19(24)21(30-23)27-17(8-15)10-18;3-2(4,5)1(6)7/h2-4,7-13H,5-6H2,1H3,(H,28,32)(H2,26,27,29,30);(H,6,7). The van der Waals surface area contributed by atoms with E-state index >= 15 is 0 Å². The number of anilines is 5. The van der Waals surface area contributed by atoms with Crippen LogP contribution in [0, 0.1) is 0 Å². The number of aliphatic carboxylic acids is 1. The highest BCUT2D eigenvalue weighted by atomic mass is 35.5. The Labute approximate surface area is 224 Å². The molecule has 0 atom stereocenters. The number of rotatable bonds is 2. The number of nitrogens with zero attached hydrogens (tertiary/aromatic N) is 4. The lowest BCUT2D eigenvalue weighted by Gasteiger charge is -2.13. The van der Waals surface area contributed by atoms with E-state index in [1.54, 1.807) is 24.1 Å². The molecule has 0 spiro atoms. The van der Waals surface area contributed by atoms with Crippen molar-refractivity contribution < 1.29 is 27.9 Å². The van der Waals surface area contributed by atoms with Crippen molar-refractivity contribution in [3.8, 4) is 0 Å². The van der Waals surface area contributed by atoms with Crippen molar-refractivity contribution in [2.45, 2.75) is 19.0 Å². The molecule has 3 heterocycles. The Morgan fingerprint density at radius 2 is 1.77 bits per heavy atom. The fourth-order valence-electron chi connectivity index (χ4n) is 3.63. The van der Waals surface area contributed by atoms with Crippen LogP contribution < -0.4 is 16.0 Å². The molecule has 6 bridgehead atoms. The Morgan fingerprint density at radius 1 is 1.05 bits per heavy atom. The number of nitrogens with one attached hydrogen (secondary N) is 3. The normalized spacial score (nSPS) is 12.2. The van der Waals surface area contributed by atoms with Crippen LogP contribution in [-0.2, 0) is 24.7 Å². The number of carbonyl (C=O) groups is 2. The number of aromatic nitrogens is 4. The SMILES string of the molecule is Cn1cncc1C(=O)Nc1cc2cc(c1)Nc1nc(ncc1Cl)Nc1cccc(c1)CC2.O=C(O)C(F)(F)F. The van der Waals surface area contributed by atoms with Crippen LogP contribution in [0.4, 0.5) is 42.0 Å². The van der Waals surface area contributed by atoms with Gasteiger partial charge in [0.15, 0.2) is 5.82 Å². The van der Waals surface area contributed by atoms with Gasteiger partial charge in [-0.05, 0) is 54.3 Å². The molecule has 4 aromatic rings. The topological polar surface area (TPSA) is 134 Å². The van der Waals surface area contributed by atoms with Crippen LogP contribution in [0.25, 0.3) is 0 Å². The monoisotopic (exact) mass is 559 g/mol. The summed E-state index contributed by atoms with van der Waals surface area (Å²) in [7, 11) is 1.78. The Balaban J connectivity index is 0.000000448. The molecule has 0 saturated heterocycles. The average molecular weight is 560 g/mol. The fraction of sp³-hybridized carbons (Fsp3) is 0.160. The van der Waals surface area contributed by atoms with E-state index in [4.69, 9.17) is 21.5 Å². The summed E-state index contributed by atoms with van der Waals surface area (Å²) in [4.78, 5) is 34.4. The van der Waals surface area contributed by atoms with Crippen LogP contribution >= 0.6 is 11.6 Å². The summed E-state index contributed by atoms with van der Waals surface area (Å²) in [5.41, 5.74) is 5.07. The molecule has 4 N–H and O–H groups in total. The molecule has 39 heavy (non-hydrogen) atoms. The molecular weight excluding hydrogens is 539 g/mol. The first-order valence-electron chi connectivity index (χ1n) is 11.4. The second-order valence-electron chi connectivity index (χ2n) is 8.41. The lowest BCUT2D eigenvalue weighted by molar-refractivity contribution is -0.192. The second-order valence-corrected chi connectivity index (χ2v) is 8.81. The number of benzene rings is 2. The molecule has 1 amide bonds. The predicted octanol–water partition coefficient (Wildman–Crippen LogP) is 5.33. The number of hydrogen-bond donors (Lipinski definition) is 4. The fourth-order valence-corrected chi connectivity index (χ4v) is 3.76. The molecule has 0 fully saturated rings. The van der Waals surface area contributed by atoms with E-state index in [9.17, 15) is 18.0 Å². The number of amides is 1. The summed E-state index contributed by atoms with van der Waals surface area (Å²) in [6.07, 6.45) is 1.24. The van der Waals surface area contributed by atoms with Gasteiger partial charge < -0.3 is 25.6 Å². The molecule has 2 aromatic carbocycles. The van der Waals surface area contributed by atoms with Crippen molar-refractivity contribution in [1.82, 2.24) is 19.5 Å². The number of imidazole rings is 1. The number of carboxylic acid groups (broad SMARTS) is 1. The Bertz CT molecular complexity index is 1530. The van der Waals surface area contributed by atoms with Crippen LogP contribution in [-0.4, -0.2) is 42.7 Å². The van der Waals surface area contributed by atoms with Gasteiger partial charge in [0.25, 0.3) is 5.91 Å². The maximum atomic E-state index is 12.7. The van der Waals surface area contributed by atoms with E-state index in [1.165, 1.54) is 11.8 Å². The molecule has 0 saturated carbocycles. The lowest BCUT2D eigenvalue weighted by Crippen LogP contribution is -2.21. The third-order valence-electron chi connectivity index (χ3n) is 5.43. The predicted molar refractivity (Wildman–Crippen MR) is 139 cm³/mol. The Morgan fingerprint density at radius 3 is 2.46 bits per heavy atom. The van der Waals surface area contributed by atoms with Gasteiger partial charge in [-0.3, -0.25) is 4.79 Å². The van der Waals surface area contributed by atoms with E-state index in [0.29, 0.717) is 28.2 Å². The first kappa shape index (κ1) is 27.4. The number of fused-ring (bicyclic) bond motifs is 6. The summed E-state index contributed by atoms with van der Waals surface area (Å²) in [5, 5.41) is 17.0. The first-order valence-corrected chi connectivity index (χ1v) is 11.7. The molecule has 14 heteroatoms.